The fourth-order valence-electron chi connectivity index (χ4n) is 4.90. The van der Waals surface area contributed by atoms with E-state index < -0.39 is 0 Å². The molecule has 0 unspecified atom stereocenters. The lowest BCUT2D eigenvalue weighted by Gasteiger charge is -2.34. The van der Waals surface area contributed by atoms with Crippen molar-refractivity contribution in [1.82, 2.24) is 19.8 Å². The Hall–Kier alpha value is -3.78. The van der Waals surface area contributed by atoms with Crippen molar-refractivity contribution in [2.45, 2.75) is 12.8 Å². The maximum atomic E-state index is 13.3. The summed E-state index contributed by atoms with van der Waals surface area (Å²) in [6.07, 6.45) is 6.77. The Morgan fingerprint density at radius 1 is 0.917 bits per heavy atom. The number of likely N-dealkylation sites (tertiary alicyclic amines) is 1. The number of benzene rings is 1. The first-order chi connectivity index (χ1) is 17.6. The number of piperidine rings is 1. The number of rotatable bonds is 5. The van der Waals surface area contributed by atoms with E-state index in [1.54, 1.807) is 23.5 Å². The molecule has 0 aliphatic carbocycles. The molecule has 3 aromatic rings. The molecule has 186 valence electrons. The van der Waals surface area contributed by atoms with Gasteiger partial charge in [-0.05, 0) is 67.4 Å². The van der Waals surface area contributed by atoms with Crippen LogP contribution in [0.1, 0.15) is 23.3 Å². The molecular weight excluding hydrogens is 452 g/mol. The second-order valence-electron chi connectivity index (χ2n) is 9.59. The third-order valence-electron chi connectivity index (χ3n) is 7.05. The van der Waals surface area contributed by atoms with E-state index in [-0.39, 0.29) is 17.7 Å². The summed E-state index contributed by atoms with van der Waals surface area (Å²) < 4.78 is 0. The van der Waals surface area contributed by atoms with E-state index in [1.165, 1.54) is 0 Å². The number of nitrogens with zero attached hydrogens (tertiary/aromatic N) is 5. The van der Waals surface area contributed by atoms with E-state index in [9.17, 15) is 9.59 Å². The smallest absolute Gasteiger partial charge is 0.272 e. The lowest BCUT2D eigenvalue weighted by Crippen LogP contribution is -2.45. The quantitative estimate of drug-likeness (QED) is 0.598. The summed E-state index contributed by atoms with van der Waals surface area (Å²) >= 11 is 0. The first-order valence-electron chi connectivity index (χ1n) is 12.6. The van der Waals surface area contributed by atoms with Gasteiger partial charge in [0, 0.05) is 69.2 Å². The maximum Gasteiger partial charge on any atom is 0.272 e. The van der Waals surface area contributed by atoms with E-state index in [4.69, 9.17) is 0 Å². The molecule has 2 saturated heterocycles. The van der Waals surface area contributed by atoms with Crippen LogP contribution >= 0.6 is 0 Å². The summed E-state index contributed by atoms with van der Waals surface area (Å²) in [5.74, 6) is -0.421. The van der Waals surface area contributed by atoms with Crippen LogP contribution in [0.3, 0.4) is 0 Å². The lowest BCUT2D eigenvalue weighted by molar-refractivity contribution is -0.121. The average molecular weight is 485 g/mol. The van der Waals surface area contributed by atoms with Crippen molar-refractivity contribution in [1.29, 1.82) is 0 Å². The topological polar surface area (TPSA) is 81.7 Å². The van der Waals surface area contributed by atoms with Gasteiger partial charge < -0.3 is 20.0 Å². The molecule has 2 aliphatic rings. The molecule has 5 rings (SSSR count). The number of amides is 2. The highest BCUT2D eigenvalue weighted by molar-refractivity contribution is 5.96. The fraction of sp³-hybridized carbons (Fsp3) is 0.357. The molecule has 4 heterocycles. The highest BCUT2D eigenvalue weighted by Gasteiger charge is 2.30. The number of anilines is 2. The van der Waals surface area contributed by atoms with Gasteiger partial charge in [0.25, 0.3) is 5.91 Å². The molecule has 8 heteroatoms. The standard InChI is InChI=1S/C28H32N6O2/c1-32-14-16-33(17-15-32)25-9-12-30-26(19-25)28(36)34-13-3-5-23(20-34)27(35)31-24-6-2-4-22(18-24)21-7-10-29-11-8-21/h2,4,6-12,18-19,23H,3,5,13-17,20H2,1H3,(H,31,35)/t23-/m0/s1. The lowest BCUT2D eigenvalue weighted by atomic mass is 9.96. The molecule has 2 aromatic heterocycles. The largest absolute Gasteiger partial charge is 0.369 e. The number of nitrogens with one attached hydrogen (secondary N) is 1. The van der Waals surface area contributed by atoms with Gasteiger partial charge in [0.05, 0.1) is 5.92 Å². The molecule has 0 saturated carbocycles. The van der Waals surface area contributed by atoms with Gasteiger partial charge in [-0.3, -0.25) is 19.6 Å². The Morgan fingerprint density at radius 3 is 2.53 bits per heavy atom. The number of carbonyl (C=O) groups excluding carboxylic acids is 2. The zero-order valence-corrected chi connectivity index (χ0v) is 20.6. The Kier molecular flexibility index (Phi) is 7.23. The number of hydrogen-bond acceptors (Lipinski definition) is 6. The van der Waals surface area contributed by atoms with Gasteiger partial charge >= 0.3 is 0 Å². The van der Waals surface area contributed by atoms with E-state index in [0.717, 1.165) is 61.5 Å². The van der Waals surface area contributed by atoms with Crippen LogP contribution in [-0.4, -0.2) is 77.9 Å². The molecule has 0 spiro atoms. The third-order valence-corrected chi connectivity index (χ3v) is 7.05. The summed E-state index contributed by atoms with van der Waals surface area (Å²) in [5, 5.41) is 3.06. The van der Waals surface area contributed by atoms with Crippen molar-refractivity contribution in [3.8, 4) is 11.1 Å². The van der Waals surface area contributed by atoms with E-state index >= 15 is 0 Å². The molecule has 2 fully saturated rings. The van der Waals surface area contributed by atoms with Crippen molar-refractivity contribution in [2.24, 2.45) is 5.92 Å². The van der Waals surface area contributed by atoms with Gasteiger partial charge in [-0.2, -0.15) is 0 Å². The number of aromatic nitrogens is 2. The normalized spacial score (nSPS) is 18.6. The van der Waals surface area contributed by atoms with Gasteiger partial charge in [0.1, 0.15) is 5.69 Å². The van der Waals surface area contributed by atoms with Crippen LogP contribution in [0.2, 0.25) is 0 Å². The zero-order valence-electron chi connectivity index (χ0n) is 20.6. The Morgan fingerprint density at radius 2 is 1.72 bits per heavy atom. The monoisotopic (exact) mass is 484 g/mol. The van der Waals surface area contributed by atoms with Gasteiger partial charge in [-0.1, -0.05) is 12.1 Å². The Labute approximate surface area is 212 Å². The second-order valence-corrected chi connectivity index (χ2v) is 9.59. The fourth-order valence-corrected chi connectivity index (χ4v) is 4.90. The highest BCUT2D eigenvalue weighted by Crippen LogP contribution is 2.25. The van der Waals surface area contributed by atoms with Gasteiger partial charge in [-0.15, -0.1) is 0 Å². The molecule has 2 amide bonds. The molecule has 1 aromatic carbocycles. The van der Waals surface area contributed by atoms with Crippen molar-refractivity contribution >= 4 is 23.2 Å². The van der Waals surface area contributed by atoms with Crippen molar-refractivity contribution in [2.75, 3.05) is 56.5 Å². The van der Waals surface area contributed by atoms with Crippen LogP contribution in [0, 0.1) is 5.92 Å². The predicted molar refractivity (Wildman–Crippen MR) is 141 cm³/mol. The van der Waals surface area contributed by atoms with Gasteiger partial charge in [0.15, 0.2) is 0 Å². The van der Waals surface area contributed by atoms with Crippen molar-refractivity contribution in [3.63, 3.8) is 0 Å². The van der Waals surface area contributed by atoms with Crippen LogP contribution < -0.4 is 10.2 Å². The Balaban J connectivity index is 1.23. The van der Waals surface area contributed by atoms with Gasteiger partial charge in [0.2, 0.25) is 5.91 Å². The van der Waals surface area contributed by atoms with Crippen LogP contribution in [-0.2, 0) is 4.79 Å². The number of likely N-dealkylation sites (N-methyl/N-ethyl adjacent to an activating group) is 1. The summed E-state index contributed by atoms with van der Waals surface area (Å²) in [7, 11) is 2.12. The molecule has 1 atom stereocenters. The van der Waals surface area contributed by atoms with Crippen LogP contribution in [0.25, 0.3) is 11.1 Å². The van der Waals surface area contributed by atoms with Gasteiger partial charge in [-0.25, -0.2) is 0 Å². The molecular formula is C28H32N6O2. The molecule has 36 heavy (non-hydrogen) atoms. The van der Waals surface area contributed by atoms with Crippen LogP contribution in [0.4, 0.5) is 11.4 Å². The first-order valence-corrected chi connectivity index (χ1v) is 12.6. The van der Waals surface area contributed by atoms with Crippen molar-refractivity contribution in [3.05, 3.63) is 72.8 Å². The third kappa shape index (κ3) is 5.54. The summed E-state index contributed by atoms with van der Waals surface area (Å²) in [6.45, 7) is 4.90. The van der Waals surface area contributed by atoms with Crippen molar-refractivity contribution < 1.29 is 9.59 Å². The number of carbonyl (C=O) groups is 2. The first kappa shape index (κ1) is 23.9. The molecule has 0 radical (unpaired) electrons. The summed E-state index contributed by atoms with van der Waals surface area (Å²) in [5.41, 5.74) is 4.28. The van der Waals surface area contributed by atoms with Crippen LogP contribution in [0.15, 0.2) is 67.1 Å². The average Bonchev–Trinajstić information content (AvgIpc) is 2.94. The van der Waals surface area contributed by atoms with E-state index in [0.29, 0.717) is 18.8 Å². The molecule has 1 N–H and O–H groups in total. The van der Waals surface area contributed by atoms with E-state index in [2.05, 4.69) is 32.1 Å². The number of piperazine rings is 1. The highest BCUT2D eigenvalue weighted by atomic mass is 16.2. The maximum absolute atomic E-state index is 13.3. The Bertz CT molecular complexity index is 1210. The number of pyridine rings is 2. The molecule has 0 bridgehead atoms. The van der Waals surface area contributed by atoms with E-state index in [1.807, 2.05) is 48.5 Å². The minimum absolute atomic E-state index is 0.0569. The minimum Gasteiger partial charge on any atom is -0.369 e. The molecule has 8 nitrogen and oxygen atoms in total. The number of hydrogen-bond donors (Lipinski definition) is 1. The minimum atomic E-state index is -0.256. The van der Waals surface area contributed by atoms with Crippen LogP contribution in [0.5, 0.6) is 0 Å². The molecule has 2 aliphatic heterocycles. The summed E-state index contributed by atoms with van der Waals surface area (Å²) in [6, 6.07) is 15.5. The second kappa shape index (κ2) is 10.9. The summed E-state index contributed by atoms with van der Waals surface area (Å²) in [4.78, 5) is 41.2. The predicted octanol–water partition coefficient (Wildman–Crippen LogP) is 3.39. The zero-order chi connectivity index (χ0) is 24.9. The SMILES string of the molecule is CN1CCN(c2ccnc(C(=O)N3CCC[C@H](C(=O)Nc4cccc(-c5ccncc5)c4)C3)c2)CC1.